The Balaban J connectivity index is 0.000000463. The fourth-order valence-corrected chi connectivity index (χ4v) is 2.89. The van der Waals surface area contributed by atoms with Crippen molar-refractivity contribution in [1.29, 1.82) is 0 Å². The molecule has 8 heteroatoms. The summed E-state index contributed by atoms with van der Waals surface area (Å²) >= 11 is 0. The average Bonchev–Trinajstić information content (AvgIpc) is 2.77. The molecule has 8 nitrogen and oxygen atoms in total. The van der Waals surface area contributed by atoms with Gasteiger partial charge >= 0.3 is 0 Å². The summed E-state index contributed by atoms with van der Waals surface area (Å²) in [4.78, 5) is 27.8. The number of carbonyl (C=O) groups is 2. The number of rotatable bonds is 2. The molecule has 0 bridgehead atoms. The van der Waals surface area contributed by atoms with E-state index in [1.54, 1.807) is 5.87 Å². The van der Waals surface area contributed by atoms with Crippen LogP contribution in [0.15, 0.2) is 10.6 Å². The molecule has 0 radical (unpaired) electrons. The maximum atomic E-state index is 12.2. The first-order valence-electron chi connectivity index (χ1n) is 7.57. The number of nitrogens with one attached hydrogen (secondary N) is 1. The Hall–Kier alpha value is -2.02. The van der Waals surface area contributed by atoms with Crippen LogP contribution in [0.3, 0.4) is 0 Å². The lowest BCUT2D eigenvalue weighted by atomic mass is 9.60. The van der Waals surface area contributed by atoms with Gasteiger partial charge in [-0.15, -0.1) is 0 Å². The Bertz CT molecular complexity index is 600. The second-order valence-electron chi connectivity index (χ2n) is 6.30. The highest BCUT2D eigenvalue weighted by molar-refractivity contribution is 6.29. The van der Waals surface area contributed by atoms with Crippen molar-refractivity contribution in [2.75, 3.05) is 13.1 Å². The van der Waals surface area contributed by atoms with Gasteiger partial charge in [0.25, 0.3) is 5.91 Å². The minimum atomic E-state index is -1.84. The Labute approximate surface area is 135 Å². The fraction of sp³-hybridized carbons (Fsp3) is 0.667. The first-order valence-corrected chi connectivity index (χ1v) is 7.57. The highest BCUT2D eigenvalue weighted by Gasteiger charge is 2.73. The van der Waals surface area contributed by atoms with Crippen LogP contribution in [0.4, 0.5) is 0 Å². The molecule has 0 aliphatic carbocycles. The molecule has 2 heterocycles. The van der Waals surface area contributed by atoms with Crippen molar-refractivity contribution < 1.29 is 20.0 Å². The van der Waals surface area contributed by atoms with Crippen LogP contribution >= 0.6 is 0 Å². The second kappa shape index (κ2) is 6.23. The van der Waals surface area contributed by atoms with Crippen molar-refractivity contribution in [2.45, 2.75) is 40.3 Å². The van der Waals surface area contributed by atoms with Gasteiger partial charge in [0.2, 0.25) is 5.91 Å². The summed E-state index contributed by atoms with van der Waals surface area (Å²) in [6.45, 7) is 11.2. The number of amidine groups is 1. The summed E-state index contributed by atoms with van der Waals surface area (Å²) in [7, 11) is 0. The molecule has 6 N–H and O–H groups in total. The first-order chi connectivity index (χ1) is 10.5. The fourth-order valence-electron chi connectivity index (χ4n) is 2.89. The van der Waals surface area contributed by atoms with Crippen LogP contribution in [0, 0.1) is 10.8 Å². The molecule has 2 unspecified atom stereocenters. The van der Waals surface area contributed by atoms with Crippen molar-refractivity contribution in [3.8, 4) is 0 Å². The molecule has 2 aliphatic heterocycles. The molecule has 128 valence electrons. The lowest BCUT2D eigenvalue weighted by Gasteiger charge is -2.39. The van der Waals surface area contributed by atoms with Gasteiger partial charge in [0.1, 0.15) is 11.6 Å². The Morgan fingerprint density at radius 1 is 1.30 bits per heavy atom. The molecule has 0 saturated carbocycles. The van der Waals surface area contributed by atoms with E-state index in [2.05, 4.69) is 29.5 Å². The summed E-state index contributed by atoms with van der Waals surface area (Å²) in [6, 6.07) is 0. The topological polar surface area (TPSA) is 144 Å². The SMILES string of the molecule is CC1(O)NC(=O)C2(C(=O)N=C(N)C2=C=[N-])C1(C)C.CC[NH2+]CC. The van der Waals surface area contributed by atoms with E-state index in [4.69, 9.17) is 11.1 Å². The number of aliphatic imine (C=N–C) groups is 1. The van der Waals surface area contributed by atoms with E-state index in [0.29, 0.717) is 0 Å². The zero-order chi connectivity index (χ0) is 18.1. The van der Waals surface area contributed by atoms with Crippen molar-refractivity contribution in [3.05, 3.63) is 11.0 Å². The molecule has 1 fully saturated rings. The molecular formula is C15H25N5O3. The lowest BCUT2D eigenvalue weighted by Crippen LogP contribution is -2.82. The lowest BCUT2D eigenvalue weighted by molar-refractivity contribution is -0.648. The Kier molecular flexibility index (Phi) is 5.16. The van der Waals surface area contributed by atoms with Gasteiger partial charge in [-0.3, -0.25) is 15.5 Å². The second-order valence-corrected chi connectivity index (χ2v) is 6.30. The maximum absolute atomic E-state index is 12.2. The van der Waals surface area contributed by atoms with E-state index < -0.39 is 28.4 Å². The third-order valence-corrected chi connectivity index (χ3v) is 4.72. The molecule has 2 atom stereocenters. The molecule has 23 heavy (non-hydrogen) atoms. The number of nitrogens with zero attached hydrogens (tertiary/aromatic N) is 2. The van der Waals surface area contributed by atoms with Gasteiger partial charge in [-0.25, -0.2) is 0 Å². The van der Waals surface area contributed by atoms with Gasteiger partial charge in [0.05, 0.1) is 13.1 Å². The van der Waals surface area contributed by atoms with E-state index in [0.717, 1.165) is 0 Å². The molecule has 1 spiro atoms. The molecule has 2 amide bonds. The number of quaternary nitrogens is 1. The van der Waals surface area contributed by atoms with Crippen molar-refractivity contribution >= 4 is 23.5 Å². The molecule has 1 saturated heterocycles. The summed E-state index contributed by atoms with van der Waals surface area (Å²) < 4.78 is 0. The predicted octanol–water partition coefficient (Wildman–Crippen LogP) is -1.51. The van der Waals surface area contributed by atoms with Crippen molar-refractivity contribution in [2.24, 2.45) is 21.6 Å². The van der Waals surface area contributed by atoms with Crippen LogP contribution in [0.25, 0.3) is 5.41 Å². The van der Waals surface area contributed by atoms with Gasteiger partial charge in [0, 0.05) is 11.0 Å². The van der Waals surface area contributed by atoms with E-state index in [9.17, 15) is 14.7 Å². The smallest absolute Gasteiger partial charge is 0.269 e. The third kappa shape index (κ3) is 2.49. The quantitative estimate of drug-likeness (QED) is 0.362. The molecule has 2 rings (SSSR count). The van der Waals surface area contributed by atoms with E-state index in [1.807, 2.05) is 0 Å². The Morgan fingerprint density at radius 2 is 1.83 bits per heavy atom. The van der Waals surface area contributed by atoms with E-state index >= 15 is 0 Å². The zero-order valence-electron chi connectivity index (χ0n) is 14.2. The summed E-state index contributed by atoms with van der Waals surface area (Å²) in [6.07, 6.45) is 0. The van der Waals surface area contributed by atoms with Gasteiger partial charge < -0.3 is 26.9 Å². The maximum Gasteiger partial charge on any atom is 0.269 e. The largest absolute Gasteiger partial charge is 0.763 e. The normalized spacial score (nSPS) is 31.4. The first kappa shape index (κ1) is 19.0. The van der Waals surface area contributed by atoms with Crippen LogP contribution in [-0.4, -0.2) is 47.4 Å². The highest BCUT2D eigenvalue weighted by atomic mass is 16.3. The zero-order valence-corrected chi connectivity index (χ0v) is 14.2. The number of carbonyl (C=O) groups excluding carboxylic acids is 2. The molecule has 0 aromatic heterocycles. The van der Waals surface area contributed by atoms with Crippen molar-refractivity contribution in [1.82, 2.24) is 5.32 Å². The number of aliphatic hydroxyl groups is 1. The minimum Gasteiger partial charge on any atom is -0.763 e. The highest BCUT2D eigenvalue weighted by Crippen LogP contribution is 2.57. The Morgan fingerprint density at radius 3 is 2.13 bits per heavy atom. The third-order valence-electron chi connectivity index (χ3n) is 4.72. The van der Waals surface area contributed by atoms with Gasteiger partial charge in [-0.05, 0) is 20.8 Å². The molecule has 2 aliphatic rings. The van der Waals surface area contributed by atoms with Crippen LogP contribution in [-0.2, 0) is 9.59 Å². The number of hydrogen-bond acceptors (Lipinski definition) is 4. The summed E-state index contributed by atoms with van der Waals surface area (Å²) in [5.41, 5.74) is 0.592. The van der Waals surface area contributed by atoms with E-state index in [1.165, 1.54) is 33.9 Å². The number of amides is 2. The number of nitrogens with two attached hydrogens (primary N) is 2. The van der Waals surface area contributed by atoms with E-state index in [-0.39, 0.29) is 11.4 Å². The standard InChI is InChI=1S/C11H13N4O3.C4H11N/c1-9(2)10(3,18)15-8(17)11(9)5(4-12)6(13)14-7(11)16;1-3-5-4-2/h18H,1-3H3,(H,15,17)(H2,13,14,16);5H,3-4H2,1-2H3/q-1;/p+1. The molecular weight excluding hydrogens is 298 g/mol. The minimum absolute atomic E-state index is 0.201. The van der Waals surface area contributed by atoms with Crippen LogP contribution < -0.4 is 16.4 Å². The van der Waals surface area contributed by atoms with Crippen LogP contribution in [0.2, 0.25) is 0 Å². The van der Waals surface area contributed by atoms with Crippen LogP contribution in [0.5, 0.6) is 0 Å². The monoisotopic (exact) mass is 323 g/mol. The van der Waals surface area contributed by atoms with Crippen LogP contribution in [0.1, 0.15) is 34.6 Å². The van der Waals surface area contributed by atoms with Gasteiger partial charge in [-0.2, -0.15) is 4.99 Å². The van der Waals surface area contributed by atoms with Crippen molar-refractivity contribution in [3.63, 3.8) is 0 Å². The summed E-state index contributed by atoms with van der Waals surface area (Å²) in [5.74, 6) is -0.0474. The average molecular weight is 323 g/mol. The summed E-state index contributed by atoms with van der Waals surface area (Å²) in [5, 5.41) is 24.0. The molecule has 0 aromatic rings. The predicted molar refractivity (Wildman–Crippen MR) is 86.5 cm³/mol. The number of hydrogen-bond donors (Lipinski definition) is 4. The van der Waals surface area contributed by atoms with Gasteiger partial charge in [0.15, 0.2) is 5.41 Å². The molecule has 0 aromatic carbocycles. The van der Waals surface area contributed by atoms with Gasteiger partial charge in [-0.1, -0.05) is 13.8 Å².